The van der Waals surface area contributed by atoms with Gasteiger partial charge in [0, 0.05) is 12.2 Å². The van der Waals surface area contributed by atoms with E-state index in [1.165, 1.54) is 0 Å². The van der Waals surface area contributed by atoms with Crippen LogP contribution in [0.25, 0.3) is 0 Å². The summed E-state index contributed by atoms with van der Waals surface area (Å²) in [6.45, 7) is 4.85. The van der Waals surface area contributed by atoms with Crippen LogP contribution in [-0.2, 0) is 4.74 Å². The summed E-state index contributed by atoms with van der Waals surface area (Å²) in [5.41, 5.74) is 8.86. The minimum absolute atomic E-state index is 0.338. The van der Waals surface area contributed by atoms with Crippen molar-refractivity contribution in [2.45, 2.75) is 13.8 Å². The number of benzene rings is 2. The molecule has 0 aliphatic heterocycles. The average Bonchev–Trinajstić information content (AvgIpc) is 2.51. The van der Waals surface area contributed by atoms with Crippen molar-refractivity contribution in [1.29, 1.82) is 0 Å². The van der Waals surface area contributed by atoms with E-state index in [4.69, 9.17) is 10.5 Å². The van der Waals surface area contributed by atoms with Crippen LogP contribution in [0.1, 0.15) is 24.2 Å². The predicted molar refractivity (Wildman–Crippen MR) is 85.9 cm³/mol. The van der Waals surface area contributed by atoms with Crippen molar-refractivity contribution in [2.24, 2.45) is 0 Å². The zero-order valence-electron chi connectivity index (χ0n) is 12.4. The highest BCUT2D eigenvalue weighted by Crippen LogP contribution is 2.34. The zero-order valence-corrected chi connectivity index (χ0v) is 12.4. The molecule has 0 aliphatic rings. The highest BCUT2D eigenvalue weighted by atomic mass is 16.5. The third kappa shape index (κ3) is 3.16. The van der Waals surface area contributed by atoms with Crippen LogP contribution in [0.3, 0.4) is 0 Å². The summed E-state index contributed by atoms with van der Waals surface area (Å²) in [5, 5.41) is 0. The summed E-state index contributed by atoms with van der Waals surface area (Å²) in [5.74, 6) is -0.353. The topological polar surface area (TPSA) is 55.6 Å². The van der Waals surface area contributed by atoms with Crippen molar-refractivity contribution in [3.63, 3.8) is 0 Å². The number of esters is 1. The molecule has 2 aromatic carbocycles. The van der Waals surface area contributed by atoms with Gasteiger partial charge in [0.2, 0.25) is 0 Å². The van der Waals surface area contributed by atoms with Crippen molar-refractivity contribution < 1.29 is 9.53 Å². The molecule has 4 nitrogen and oxygen atoms in total. The fourth-order valence-corrected chi connectivity index (χ4v) is 2.31. The average molecular weight is 284 g/mol. The lowest BCUT2D eigenvalue weighted by atomic mass is 10.1. The molecule has 4 heteroatoms. The minimum atomic E-state index is -0.353. The Bertz CT molecular complexity index is 611. The second-order valence-corrected chi connectivity index (χ2v) is 4.54. The van der Waals surface area contributed by atoms with Crippen molar-refractivity contribution in [1.82, 2.24) is 0 Å². The largest absolute Gasteiger partial charge is 0.462 e. The zero-order chi connectivity index (χ0) is 15.2. The van der Waals surface area contributed by atoms with Gasteiger partial charge in [0.1, 0.15) is 0 Å². The molecule has 0 aromatic heterocycles. The monoisotopic (exact) mass is 284 g/mol. The maximum Gasteiger partial charge on any atom is 0.340 e. The molecule has 2 N–H and O–H groups in total. The molecule has 0 saturated carbocycles. The molecule has 0 aliphatic carbocycles. The second kappa shape index (κ2) is 6.79. The van der Waals surface area contributed by atoms with Crippen molar-refractivity contribution in [3.8, 4) is 0 Å². The normalized spacial score (nSPS) is 10.2. The van der Waals surface area contributed by atoms with Crippen LogP contribution in [0.5, 0.6) is 0 Å². The van der Waals surface area contributed by atoms with E-state index in [-0.39, 0.29) is 5.97 Å². The van der Waals surface area contributed by atoms with E-state index in [9.17, 15) is 4.79 Å². The molecule has 21 heavy (non-hydrogen) atoms. The Labute approximate surface area is 125 Å². The van der Waals surface area contributed by atoms with Crippen molar-refractivity contribution >= 4 is 23.0 Å². The molecule has 0 saturated heterocycles. The summed E-state index contributed by atoms with van der Waals surface area (Å²) in [4.78, 5) is 14.2. The van der Waals surface area contributed by atoms with Crippen LogP contribution < -0.4 is 10.6 Å². The molecule has 2 rings (SSSR count). The number of hydrogen-bond acceptors (Lipinski definition) is 4. The molecule has 0 heterocycles. The Morgan fingerprint density at radius 1 is 1.10 bits per heavy atom. The first-order chi connectivity index (χ1) is 10.2. The summed E-state index contributed by atoms with van der Waals surface area (Å²) in [6.07, 6.45) is 0. The minimum Gasteiger partial charge on any atom is -0.462 e. The summed E-state index contributed by atoms with van der Waals surface area (Å²) < 4.78 is 5.13. The van der Waals surface area contributed by atoms with E-state index < -0.39 is 0 Å². The van der Waals surface area contributed by atoms with Crippen LogP contribution in [0, 0.1) is 0 Å². The summed E-state index contributed by atoms with van der Waals surface area (Å²) in [6, 6.07) is 15.2. The van der Waals surface area contributed by atoms with Gasteiger partial charge >= 0.3 is 5.97 Å². The molecule has 2 aromatic rings. The molecule has 0 amide bonds. The number of anilines is 3. The number of nitrogens with zero attached hydrogens (tertiary/aromatic N) is 1. The van der Waals surface area contributed by atoms with Crippen LogP contribution in [-0.4, -0.2) is 19.1 Å². The fraction of sp³-hybridized carbons (Fsp3) is 0.235. The van der Waals surface area contributed by atoms with Gasteiger partial charge < -0.3 is 15.4 Å². The molecule has 0 radical (unpaired) electrons. The third-order valence-electron chi connectivity index (χ3n) is 3.22. The van der Waals surface area contributed by atoms with Crippen molar-refractivity contribution in [2.75, 3.05) is 23.8 Å². The number of nitrogen functional groups attached to an aromatic ring is 1. The molecule has 0 atom stereocenters. The lowest BCUT2D eigenvalue weighted by Crippen LogP contribution is -2.21. The lowest BCUT2D eigenvalue weighted by molar-refractivity contribution is 0.0527. The number of ether oxygens (including phenoxy) is 1. The van der Waals surface area contributed by atoms with Crippen molar-refractivity contribution in [3.05, 3.63) is 54.1 Å². The van der Waals surface area contributed by atoms with Gasteiger partial charge in [0.05, 0.1) is 23.5 Å². The van der Waals surface area contributed by atoms with Crippen LogP contribution >= 0.6 is 0 Å². The van der Waals surface area contributed by atoms with Gasteiger partial charge in [-0.25, -0.2) is 4.79 Å². The van der Waals surface area contributed by atoms with Gasteiger partial charge in [-0.2, -0.15) is 0 Å². The fourth-order valence-electron chi connectivity index (χ4n) is 2.31. The highest BCUT2D eigenvalue weighted by Gasteiger charge is 2.20. The maximum absolute atomic E-state index is 12.2. The smallest absolute Gasteiger partial charge is 0.340 e. The van der Waals surface area contributed by atoms with E-state index >= 15 is 0 Å². The molecule has 0 bridgehead atoms. The van der Waals surface area contributed by atoms with Gasteiger partial charge in [-0.05, 0) is 38.1 Å². The molecule has 0 spiro atoms. The number of para-hydroxylation sites is 2. The standard InChI is InChI=1S/C17H20N2O2/c1-3-19(13-9-6-5-7-10-13)16-14(17(20)21-4-2)11-8-12-15(16)18/h5-12H,3-4,18H2,1-2H3. The molecule has 110 valence electrons. The lowest BCUT2D eigenvalue weighted by Gasteiger charge is -2.26. The van der Waals surface area contributed by atoms with E-state index in [0.717, 1.165) is 5.69 Å². The summed E-state index contributed by atoms with van der Waals surface area (Å²) >= 11 is 0. The SMILES string of the molecule is CCOC(=O)c1cccc(N)c1N(CC)c1ccccc1. The first-order valence-electron chi connectivity index (χ1n) is 7.07. The number of nitrogens with two attached hydrogens (primary N) is 1. The van der Waals surface area contributed by atoms with Gasteiger partial charge in [0.15, 0.2) is 0 Å². The van der Waals surface area contributed by atoms with Gasteiger partial charge in [0.25, 0.3) is 0 Å². The number of carbonyl (C=O) groups is 1. The highest BCUT2D eigenvalue weighted by molar-refractivity contribution is 6.00. The van der Waals surface area contributed by atoms with Gasteiger partial charge in [-0.1, -0.05) is 24.3 Å². The molecular weight excluding hydrogens is 264 g/mol. The quantitative estimate of drug-likeness (QED) is 0.673. The molecular formula is C17H20N2O2. The van der Waals surface area contributed by atoms with Crippen LogP contribution in [0.4, 0.5) is 17.1 Å². The summed E-state index contributed by atoms with van der Waals surface area (Å²) in [7, 11) is 0. The Morgan fingerprint density at radius 2 is 1.81 bits per heavy atom. The Balaban J connectivity index is 2.53. The van der Waals surface area contributed by atoms with Crippen LogP contribution in [0.15, 0.2) is 48.5 Å². The Hall–Kier alpha value is -2.49. The van der Waals surface area contributed by atoms with E-state index in [2.05, 4.69) is 0 Å². The first-order valence-corrected chi connectivity index (χ1v) is 7.07. The third-order valence-corrected chi connectivity index (χ3v) is 3.22. The molecule has 0 fully saturated rings. The van der Waals surface area contributed by atoms with Gasteiger partial charge in [-0.15, -0.1) is 0 Å². The van der Waals surface area contributed by atoms with Crippen LogP contribution in [0.2, 0.25) is 0 Å². The second-order valence-electron chi connectivity index (χ2n) is 4.54. The Kier molecular flexibility index (Phi) is 4.82. The molecule has 0 unspecified atom stereocenters. The predicted octanol–water partition coefficient (Wildman–Crippen LogP) is 3.60. The first kappa shape index (κ1) is 14.9. The van der Waals surface area contributed by atoms with Gasteiger partial charge in [-0.3, -0.25) is 0 Å². The number of hydrogen-bond donors (Lipinski definition) is 1. The van der Waals surface area contributed by atoms with E-state index in [0.29, 0.717) is 30.1 Å². The number of rotatable bonds is 5. The number of carbonyl (C=O) groups excluding carboxylic acids is 1. The maximum atomic E-state index is 12.2. The van der Waals surface area contributed by atoms with E-state index in [1.54, 1.807) is 25.1 Å². The van der Waals surface area contributed by atoms with E-state index in [1.807, 2.05) is 42.2 Å². The Morgan fingerprint density at radius 3 is 2.43 bits per heavy atom.